The van der Waals surface area contributed by atoms with E-state index in [-0.39, 0.29) is 0 Å². The Hall–Kier alpha value is -2.73. The van der Waals surface area contributed by atoms with Gasteiger partial charge in [-0.3, -0.25) is 4.90 Å². The second-order valence-electron chi connectivity index (χ2n) is 8.74. The summed E-state index contributed by atoms with van der Waals surface area (Å²) in [5, 5.41) is 0. The van der Waals surface area contributed by atoms with Crippen LogP contribution in [0.3, 0.4) is 0 Å². The number of benzene rings is 1. The largest absolute Gasteiger partial charge is 0.354 e. The summed E-state index contributed by atoms with van der Waals surface area (Å²) in [4.78, 5) is 23.0. The quantitative estimate of drug-likeness (QED) is 0.630. The van der Waals surface area contributed by atoms with Gasteiger partial charge in [0.2, 0.25) is 0 Å². The number of anilines is 1. The standard InChI is InChI=1S/C25H32N6/c1-2-3-12-23-26-17-20(27-23)18-30-13-15-31(16-14-30)25-21-10-7-11-22(21)28-24(29-25)19-8-5-4-6-9-19/h4-6,8-9,17H,2-3,7,10-16,18H2,1H3,(H,26,27). The van der Waals surface area contributed by atoms with E-state index in [4.69, 9.17) is 9.97 Å². The number of unbranched alkanes of at least 4 members (excludes halogenated alkanes) is 1. The number of nitrogens with zero attached hydrogens (tertiary/aromatic N) is 5. The summed E-state index contributed by atoms with van der Waals surface area (Å²) >= 11 is 0. The van der Waals surface area contributed by atoms with Gasteiger partial charge in [-0.2, -0.15) is 0 Å². The van der Waals surface area contributed by atoms with E-state index in [9.17, 15) is 0 Å². The van der Waals surface area contributed by atoms with Gasteiger partial charge in [0.1, 0.15) is 11.6 Å². The number of aromatic nitrogens is 4. The van der Waals surface area contributed by atoms with Crippen LogP contribution in [-0.4, -0.2) is 51.0 Å². The van der Waals surface area contributed by atoms with Crippen molar-refractivity contribution in [1.82, 2.24) is 24.8 Å². The zero-order valence-electron chi connectivity index (χ0n) is 18.5. The summed E-state index contributed by atoms with van der Waals surface area (Å²) in [6.07, 6.45) is 8.83. The topological polar surface area (TPSA) is 60.9 Å². The molecule has 0 atom stereocenters. The predicted octanol–water partition coefficient (Wildman–Crippen LogP) is 4.02. The van der Waals surface area contributed by atoms with Gasteiger partial charge >= 0.3 is 0 Å². The molecule has 1 aliphatic heterocycles. The summed E-state index contributed by atoms with van der Waals surface area (Å²) in [7, 11) is 0. The molecule has 3 heterocycles. The lowest BCUT2D eigenvalue weighted by Gasteiger charge is -2.36. The van der Waals surface area contributed by atoms with E-state index in [0.29, 0.717) is 0 Å². The van der Waals surface area contributed by atoms with Crippen molar-refractivity contribution in [3.05, 3.63) is 59.3 Å². The van der Waals surface area contributed by atoms with Crippen molar-refractivity contribution in [2.75, 3.05) is 31.1 Å². The molecule has 0 spiro atoms. The van der Waals surface area contributed by atoms with Crippen LogP contribution in [-0.2, 0) is 25.8 Å². The Bertz CT molecular complexity index is 1000. The van der Waals surface area contributed by atoms with Gasteiger partial charge in [0.05, 0.1) is 0 Å². The predicted molar refractivity (Wildman–Crippen MR) is 124 cm³/mol. The minimum atomic E-state index is 0.871. The van der Waals surface area contributed by atoms with Crippen molar-refractivity contribution >= 4 is 5.82 Å². The van der Waals surface area contributed by atoms with Crippen LogP contribution in [0.25, 0.3) is 11.4 Å². The molecule has 1 N–H and O–H groups in total. The molecule has 0 saturated carbocycles. The number of imidazole rings is 1. The summed E-state index contributed by atoms with van der Waals surface area (Å²) < 4.78 is 0. The van der Waals surface area contributed by atoms with Crippen LogP contribution in [0.5, 0.6) is 0 Å². The molecule has 1 aromatic carbocycles. The van der Waals surface area contributed by atoms with Gasteiger partial charge in [0, 0.05) is 67.9 Å². The molecule has 0 bridgehead atoms. The van der Waals surface area contributed by atoms with Crippen molar-refractivity contribution in [2.24, 2.45) is 0 Å². The van der Waals surface area contributed by atoms with Crippen molar-refractivity contribution in [3.8, 4) is 11.4 Å². The molecule has 1 aliphatic carbocycles. The van der Waals surface area contributed by atoms with Gasteiger partial charge in [0.25, 0.3) is 0 Å². The van der Waals surface area contributed by atoms with E-state index < -0.39 is 0 Å². The first-order chi connectivity index (χ1) is 15.3. The minimum Gasteiger partial charge on any atom is -0.354 e. The lowest BCUT2D eigenvalue weighted by Crippen LogP contribution is -2.46. The van der Waals surface area contributed by atoms with E-state index in [2.05, 4.69) is 51.0 Å². The minimum absolute atomic E-state index is 0.871. The maximum atomic E-state index is 5.06. The third kappa shape index (κ3) is 4.49. The van der Waals surface area contributed by atoms with E-state index >= 15 is 0 Å². The van der Waals surface area contributed by atoms with Crippen molar-refractivity contribution in [2.45, 2.75) is 52.0 Å². The third-order valence-corrected chi connectivity index (χ3v) is 6.46. The Morgan fingerprint density at radius 3 is 2.65 bits per heavy atom. The lowest BCUT2D eigenvalue weighted by atomic mass is 10.1. The van der Waals surface area contributed by atoms with Gasteiger partial charge in [-0.1, -0.05) is 43.7 Å². The molecule has 0 unspecified atom stereocenters. The number of rotatable bonds is 7. The SMILES string of the molecule is CCCCc1ncc(CN2CCN(c3nc(-c4ccccc4)nc4c3CCC4)CC2)[nH]1. The second-order valence-corrected chi connectivity index (χ2v) is 8.74. The van der Waals surface area contributed by atoms with E-state index in [1.54, 1.807) is 0 Å². The molecule has 6 nitrogen and oxygen atoms in total. The first-order valence-corrected chi connectivity index (χ1v) is 11.8. The molecule has 162 valence electrons. The highest BCUT2D eigenvalue weighted by Crippen LogP contribution is 2.32. The molecule has 6 heteroatoms. The smallest absolute Gasteiger partial charge is 0.161 e. The van der Waals surface area contributed by atoms with Gasteiger partial charge in [-0.15, -0.1) is 0 Å². The Morgan fingerprint density at radius 2 is 1.84 bits per heavy atom. The number of hydrogen-bond acceptors (Lipinski definition) is 5. The highest BCUT2D eigenvalue weighted by atomic mass is 15.3. The van der Waals surface area contributed by atoms with Gasteiger partial charge in [-0.25, -0.2) is 15.0 Å². The molecule has 5 rings (SSSR count). The summed E-state index contributed by atoms with van der Waals surface area (Å²) in [6.45, 7) is 7.28. The van der Waals surface area contributed by atoms with Crippen LogP contribution in [0.4, 0.5) is 5.82 Å². The molecule has 1 fully saturated rings. The molecule has 3 aromatic rings. The number of nitrogens with one attached hydrogen (secondary N) is 1. The zero-order chi connectivity index (χ0) is 21.0. The normalized spacial score (nSPS) is 16.6. The lowest BCUT2D eigenvalue weighted by molar-refractivity contribution is 0.246. The van der Waals surface area contributed by atoms with Crippen LogP contribution in [0.15, 0.2) is 36.5 Å². The molecule has 0 amide bonds. The molecule has 2 aliphatic rings. The van der Waals surface area contributed by atoms with E-state index in [1.165, 1.54) is 42.0 Å². The Labute approximate surface area is 184 Å². The van der Waals surface area contributed by atoms with Crippen molar-refractivity contribution in [1.29, 1.82) is 0 Å². The second kappa shape index (κ2) is 9.18. The van der Waals surface area contributed by atoms with Crippen LogP contribution >= 0.6 is 0 Å². The van der Waals surface area contributed by atoms with Crippen molar-refractivity contribution in [3.63, 3.8) is 0 Å². The monoisotopic (exact) mass is 416 g/mol. The summed E-state index contributed by atoms with van der Waals surface area (Å²) in [6, 6.07) is 10.4. The first kappa shape index (κ1) is 20.2. The zero-order valence-corrected chi connectivity index (χ0v) is 18.5. The van der Waals surface area contributed by atoms with Gasteiger partial charge in [0.15, 0.2) is 5.82 Å². The maximum absolute atomic E-state index is 5.06. The fraction of sp³-hybridized carbons (Fsp3) is 0.480. The molecule has 0 radical (unpaired) electrons. The number of aromatic amines is 1. The number of aryl methyl sites for hydroxylation is 2. The number of hydrogen-bond donors (Lipinski definition) is 1. The number of H-pyrrole nitrogens is 1. The average molecular weight is 417 g/mol. The van der Waals surface area contributed by atoms with Crippen LogP contribution in [0.1, 0.15) is 49.0 Å². The molecular formula is C25H32N6. The van der Waals surface area contributed by atoms with Gasteiger partial charge in [-0.05, 0) is 25.7 Å². The highest BCUT2D eigenvalue weighted by Gasteiger charge is 2.26. The van der Waals surface area contributed by atoms with Crippen LogP contribution in [0, 0.1) is 0 Å². The van der Waals surface area contributed by atoms with Crippen molar-refractivity contribution < 1.29 is 0 Å². The highest BCUT2D eigenvalue weighted by molar-refractivity contribution is 5.61. The molecular weight excluding hydrogens is 384 g/mol. The Kier molecular flexibility index (Phi) is 5.98. The number of piperazine rings is 1. The fourth-order valence-electron chi connectivity index (χ4n) is 4.71. The van der Waals surface area contributed by atoms with E-state index in [1.807, 2.05) is 12.3 Å². The molecule has 2 aromatic heterocycles. The average Bonchev–Trinajstić information content (AvgIpc) is 3.47. The molecule has 31 heavy (non-hydrogen) atoms. The van der Waals surface area contributed by atoms with Crippen LogP contribution in [0.2, 0.25) is 0 Å². The fourth-order valence-corrected chi connectivity index (χ4v) is 4.71. The van der Waals surface area contributed by atoms with Crippen LogP contribution < -0.4 is 4.90 Å². The Morgan fingerprint density at radius 1 is 1.00 bits per heavy atom. The van der Waals surface area contributed by atoms with E-state index in [0.717, 1.165) is 69.2 Å². The molecule has 1 saturated heterocycles. The Balaban J connectivity index is 1.27. The maximum Gasteiger partial charge on any atom is 0.161 e. The summed E-state index contributed by atoms with van der Waals surface area (Å²) in [5.74, 6) is 3.17. The third-order valence-electron chi connectivity index (χ3n) is 6.46. The first-order valence-electron chi connectivity index (χ1n) is 11.8. The number of fused-ring (bicyclic) bond motifs is 1. The summed E-state index contributed by atoms with van der Waals surface area (Å²) in [5.41, 5.74) is 4.97. The van der Waals surface area contributed by atoms with Gasteiger partial charge < -0.3 is 9.88 Å².